The lowest BCUT2D eigenvalue weighted by Crippen LogP contribution is -2.44. The van der Waals surface area contributed by atoms with Gasteiger partial charge in [0, 0.05) is 19.3 Å². The van der Waals surface area contributed by atoms with Crippen molar-refractivity contribution >= 4 is 17.8 Å². The van der Waals surface area contributed by atoms with Gasteiger partial charge in [0.25, 0.3) is 11.8 Å². The van der Waals surface area contributed by atoms with E-state index in [1.54, 1.807) is 0 Å². The summed E-state index contributed by atoms with van der Waals surface area (Å²) in [6.07, 6.45) is 6.43. The summed E-state index contributed by atoms with van der Waals surface area (Å²) in [5.41, 5.74) is 0.539. The number of carbonyl (C=O) groups is 3. The molecule has 0 saturated heterocycles. The van der Waals surface area contributed by atoms with Crippen molar-refractivity contribution in [1.29, 1.82) is 0 Å². The van der Waals surface area contributed by atoms with E-state index >= 15 is 0 Å². The van der Waals surface area contributed by atoms with Crippen LogP contribution in [0.25, 0.3) is 0 Å². The van der Waals surface area contributed by atoms with Gasteiger partial charge in [0.15, 0.2) is 0 Å². The minimum absolute atomic E-state index is 0.225. The maximum atomic E-state index is 12.4. The Labute approximate surface area is 140 Å². The Morgan fingerprint density at radius 3 is 2.38 bits per heavy atom. The van der Waals surface area contributed by atoms with Crippen molar-refractivity contribution in [3.8, 4) is 0 Å². The van der Waals surface area contributed by atoms with E-state index in [0.717, 1.165) is 25.7 Å². The second-order valence-corrected chi connectivity index (χ2v) is 6.03. The van der Waals surface area contributed by atoms with E-state index in [4.69, 9.17) is 0 Å². The highest BCUT2D eigenvalue weighted by Gasteiger charge is 2.30. The molecule has 0 spiro atoms. The molecule has 1 aromatic rings. The molecule has 2 atom stereocenters. The first-order valence-corrected chi connectivity index (χ1v) is 8.24. The number of carboxylic acid groups (broad SMARTS) is 1. The van der Waals surface area contributed by atoms with Crippen LogP contribution in [0.2, 0.25) is 0 Å². The van der Waals surface area contributed by atoms with Crippen LogP contribution < -0.4 is 10.6 Å². The number of hydrogen-bond donors (Lipinski definition) is 3. The molecule has 7 nitrogen and oxygen atoms in total. The molecule has 2 rings (SSSR count). The largest absolute Gasteiger partial charge is 0.481 e. The van der Waals surface area contributed by atoms with Gasteiger partial charge in [-0.15, -0.1) is 0 Å². The molecule has 0 aromatic carbocycles. The van der Waals surface area contributed by atoms with Gasteiger partial charge in [-0.2, -0.15) is 0 Å². The summed E-state index contributed by atoms with van der Waals surface area (Å²) in [6.45, 7) is 0. The van der Waals surface area contributed by atoms with Gasteiger partial charge in [-0.05, 0) is 25.0 Å². The van der Waals surface area contributed by atoms with E-state index < -0.39 is 11.9 Å². The number of pyridine rings is 1. The number of amides is 2. The number of aromatic nitrogens is 1. The van der Waals surface area contributed by atoms with Crippen LogP contribution in [-0.2, 0) is 4.79 Å². The van der Waals surface area contributed by atoms with Gasteiger partial charge in [0.2, 0.25) is 0 Å². The van der Waals surface area contributed by atoms with E-state index in [1.807, 2.05) is 0 Å². The Hall–Kier alpha value is -2.44. The SMILES string of the molecule is CNC(=O)c1ccc(C(=O)NC2CCCCCCC2C(=O)O)cn1. The van der Waals surface area contributed by atoms with Crippen LogP contribution in [0.5, 0.6) is 0 Å². The molecule has 0 bridgehead atoms. The average molecular weight is 333 g/mol. The van der Waals surface area contributed by atoms with Gasteiger partial charge in [-0.1, -0.05) is 25.7 Å². The lowest BCUT2D eigenvalue weighted by atomic mass is 9.86. The molecule has 1 heterocycles. The van der Waals surface area contributed by atoms with Crippen LogP contribution in [0.4, 0.5) is 0 Å². The smallest absolute Gasteiger partial charge is 0.308 e. The average Bonchev–Trinajstić information content (AvgIpc) is 2.56. The molecule has 130 valence electrons. The summed E-state index contributed by atoms with van der Waals surface area (Å²) >= 11 is 0. The quantitative estimate of drug-likeness (QED) is 0.775. The van der Waals surface area contributed by atoms with E-state index in [0.29, 0.717) is 18.4 Å². The van der Waals surface area contributed by atoms with Gasteiger partial charge < -0.3 is 15.7 Å². The molecule has 7 heteroatoms. The highest BCUT2D eigenvalue weighted by Crippen LogP contribution is 2.23. The van der Waals surface area contributed by atoms with Crippen LogP contribution in [-0.4, -0.2) is 41.0 Å². The Kier molecular flexibility index (Phi) is 6.28. The van der Waals surface area contributed by atoms with Gasteiger partial charge in [0.05, 0.1) is 11.5 Å². The first kappa shape index (κ1) is 17.9. The van der Waals surface area contributed by atoms with E-state index in [1.165, 1.54) is 25.4 Å². The Morgan fingerprint density at radius 2 is 1.79 bits per heavy atom. The van der Waals surface area contributed by atoms with Crippen molar-refractivity contribution < 1.29 is 19.5 Å². The third-order valence-corrected chi connectivity index (χ3v) is 4.39. The first-order chi connectivity index (χ1) is 11.5. The number of rotatable bonds is 4. The van der Waals surface area contributed by atoms with Crippen molar-refractivity contribution in [3.63, 3.8) is 0 Å². The molecular formula is C17H23N3O4. The number of hydrogen-bond acceptors (Lipinski definition) is 4. The summed E-state index contributed by atoms with van der Waals surface area (Å²) in [5.74, 6) is -2.11. The zero-order valence-corrected chi connectivity index (χ0v) is 13.7. The zero-order chi connectivity index (χ0) is 17.5. The van der Waals surface area contributed by atoms with Crippen molar-refractivity contribution in [2.45, 2.75) is 44.6 Å². The molecule has 24 heavy (non-hydrogen) atoms. The lowest BCUT2D eigenvalue weighted by molar-refractivity contribution is -0.143. The third kappa shape index (κ3) is 4.53. The van der Waals surface area contributed by atoms with Crippen molar-refractivity contribution in [1.82, 2.24) is 15.6 Å². The first-order valence-electron chi connectivity index (χ1n) is 8.24. The van der Waals surface area contributed by atoms with Crippen molar-refractivity contribution in [2.24, 2.45) is 5.92 Å². The Bertz CT molecular complexity index is 600. The third-order valence-electron chi connectivity index (χ3n) is 4.39. The number of carboxylic acids is 1. The van der Waals surface area contributed by atoms with Gasteiger partial charge >= 0.3 is 5.97 Å². The fourth-order valence-electron chi connectivity index (χ4n) is 3.00. The standard InChI is InChI=1S/C17H23N3O4/c1-18-16(22)14-9-8-11(10-19-14)15(21)20-13-7-5-3-2-4-6-12(13)17(23)24/h8-10,12-13H,2-7H2,1H3,(H,18,22)(H,20,21)(H,23,24). The van der Waals surface area contributed by atoms with Crippen LogP contribution in [0.1, 0.15) is 59.4 Å². The Balaban J connectivity index is 2.07. The maximum absolute atomic E-state index is 12.4. The van der Waals surface area contributed by atoms with Gasteiger partial charge in [-0.25, -0.2) is 0 Å². The number of carbonyl (C=O) groups excluding carboxylic acids is 2. The van der Waals surface area contributed by atoms with E-state index in [9.17, 15) is 19.5 Å². The van der Waals surface area contributed by atoms with Crippen LogP contribution in [0.3, 0.4) is 0 Å². The maximum Gasteiger partial charge on any atom is 0.308 e. The molecule has 1 saturated carbocycles. The number of aliphatic carboxylic acids is 1. The highest BCUT2D eigenvalue weighted by atomic mass is 16.4. The molecule has 2 amide bonds. The summed E-state index contributed by atoms with van der Waals surface area (Å²) in [6, 6.07) is 2.61. The molecule has 1 aliphatic rings. The molecule has 1 fully saturated rings. The highest BCUT2D eigenvalue weighted by molar-refractivity contribution is 5.96. The molecule has 0 radical (unpaired) electrons. The van der Waals surface area contributed by atoms with Crippen molar-refractivity contribution in [2.75, 3.05) is 7.05 Å². The second kappa shape index (κ2) is 8.42. The summed E-state index contributed by atoms with van der Waals surface area (Å²) in [7, 11) is 1.51. The minimum atomic E-state index is -0.865. The molecule has 3 N–H and O–H groups in total. The second-order valence-electron chi connectivity index (χ2n) is 6.03. The summed E-state index contributed by atoms with van der Waals surface area (Å²) < 4.78 is 0. The normalized spacial score (nSPS) is 21.2. The fraction of sp³-hybridized carbons (Fsp3) is 0.529. The van der Waals surface area contributed by atoms with Crippen molar-refractivity contribution in [3.05, 3.63) is 29.6 Å². The van der Waals surface area contributed by atoms with Gasteiger partial charge in [0.1, 0.15) is 5.69 Å². The lowest BCUT2D eigenvalue weighted by Gasteiger charge is -2.27. The number of nitrogens with one attached hydrogen (secondary N) is 2. The van der Waals surface area contributed by atoms with E-state index in [-0.39, 0.29) is 23.6 Å². The number of nitrogens with zero attached hydrogens (tertiary/aromatic N) is 1. The molecule has 0 aliphatic heterocycles. The van der Waals surface area contributed by atoms with E-state index in [2.05, 4.69) is 15.6 Å². The fourth-order valence-corrected chi connectivity index (χ4v) is 3.00. The summed E-state index contributed by atoms with van der Waals surface area (Å²) in [4.78, 5) is 39.3. The topological polar surface area (TPSA) is 108 Å². The molecule has 2 unspecified atom stereocenters. The van der Waals surface area contributed by atoms with Crippen LogP contribution in [0.15, 0.2) is 18.3 Å². The van der Waals surface area contributed by atoms with Gasteiger partial charge in [-0.3, -0.25) is 19.4 Å². The monoisotopic (exact) mass is 333 g/mol. The minimum Gasteiger partial charge on any atom is -0.481 e. The summed E-state index contributed by atoms with van der Waals surface area (Å²) in [5, 5.41) is 14.7. The van der Waals surface area contributed by atoms with Crippen LogP contribution >= 0.6 is 0 Å². The predicted octanol–water partition coefficient (Wildman–Crippen LogP) is 1.59. The Morgan fingerprint density at radius 1 is 1.08 bits per heavy atom. The molecular weight excluding hydrogens is 310 g/mol. The zero-order valence-electron chi connectivity index (χ0n) is 13.7. The van der Waals surface area contributed by atoms with Crippen LogP contribution in [0, 0.1) is 5.92 Å². The molecule has 1 aliphatic carbocycles. The predicted molar refractivity (Wildman–Crippen MR) is 87.7 cm³/mol. The molecule has 1 aromatic heterocycles.